The number of likely N-dealkylation sites (tertiary alicyclic amines) is 1. The third kappa shape index (κ3) is 2.10. The summed E-state index contributed by atoms with van der Waals surface area (Å²) in [5.74, 6) is 0.340. The molecule has 0 aromatic carbocycles. The number of rotatable bonds is 2. The van der Waals surface area contributed by atoms with Crippen LogP contribution in [0.1, 0.15) is 26.2 Å². The predicted octanol–water partition coefficient (Wildman–Crippen LogP) is -0.539. The van der Waals surface area contributed by atoms with E-state index >= 15 is 0 Å². The van der Waals surface area contributed by atoms with Gasteiger partial charge in [-0.15, -0.1) is 0 Å². The Balaban J connectivity index is 2.07. The SMILES string of the molecule is CC1CCN(C2CC(=O)NC2=O)C(CN)C1. The lowest BCUT2D eigenvalue weighted by Gasteiger charge is -2.40. The van der Waals surface area contributed by atoms with Crippen LogP contribution in [0.15, 0.2) is 0 Å². The molecule has 0 bridgehead atoms. The first kappa shape index (κ1) is 11.5. The molecule has 0 radical (unpaired) electrons. The van der Waals surface area contributed by atoms with E-state index in [0.717, 1.165) is 19.4 Å². The number of nitrogens with zero attached hydrogens (tertiary/aromatic N) is 1. The van der Waals surface area contributed by atoms with Gasteiger partial charge in [0.2, 0.25) is 11.8 Å². The number of imide groups is 1. The Bertz CT molecular complexity index is 306. The summed E-state index contributed by atoms with van der Waals surface area (Å²) < 4.78 is 0. The first-order valence-electron chi connectivity index (χ1n) is 5.91. The molecule has 16 heavy (non-hydrogen) atoms. The average Bonchev–Trinajstić information content (AvgIpc) is 2.57. The lowest BCUT2D eigenvalue weighted by atomic mass is 9.91. The largest absolute Gasteiger partial charge is 0.329 e. The Morgan fingerprint density at radius 3 is 2.81 bits per heavy atom. The van der Waals surface area contributed by atoms with Crippen molar-refractivity contribution < 1.29 is 9.59 Å². The number of carbonyl (C=O) groups excluding carboxylic acids is 2. The van der Waals surface area contributed by atoms with Gasteiger partial charge < -0.3 is 5.73 Å². The van der Waals surface area contributed by atoms with E-state index in [9.17, 15) is 9.59 Å². The van der Waals surface area contributed by atoms with Crippen molar-refractivity contribution >= 4 is 11.8 Å². The fourth-order valence-corrected chi connectivity index (χ4v) is 2.72. The Morgan fingerprint density at radius 1 is 1.50 bits per heavy atom. The number of hydrogen-bond donors (Lipinski definition) is 2. The van der Waals surface area contributed by atoms with Crippen molar-refractivity contribution in [2.45, 2.75) is 38.3 Å². The number of carbonyl (C=O) groups is 2. The van der Waals surface area contributed by atoms with Crippen LogP contribution in [-0.4, -0.2) is 41.9 Å². The van der Waals surface area contributed by atoms with Gasteiger partial charge in [0.05, 0.1) is 12.5 Å². The van der Waals surface area contributed by atoms with Crippen LogP contribution < -0.4 is 11.1 Å². The summed E-state index contributed by atoms with van der Waals surface area (Å²) >= 11 is 0. The highest BCUT2D eigenvalue weighted by Gasteiger charge is 2.39. The molecule has 2 saturated heterocycles. The minimum Gasteiger partial charge on any atom is -0.329 e. The van der Waals surface area contributed by atoms with Gasteiger partial charge in [0.15, 0.2) is 0 Å². The summed E-state index contributed by atoms with van der Waals surface area (Å²) in [6, 6.07) is -0.0426. The Kier molecular flexibility index (Phi) is 3.25. The van der Waals surface area contributed by atoms with Crippen molar-refractivity contribution in [1.82, 2.24) is 10.2 Å². The van der Waals surface area contributed by atoms with E-state index in [-0.39, 0.29) is 23.9 Å². The molecule has 5 heteroatoms. The third-order valence-corrected chi connectivity index (χ3v) is 3.64. The normalized spacial score (nSPS) is 36.5. The molecule has 0 aliphatic carbocycles. The maximum absolute atomic E-state index is 11.6. The minimum absolute atomic E-state index is 0.155. The summed E-state index contributed by atoms with van der Waals surface area (Å²) in [6.45, 7) is 3.64. The molecule has 2 amide bonds. The van der Waals surface area contributed by atoms with Gasteiger partial charge in [-0.2, -0.15) is 0 Å². The van der Waals surface area contributed by atoms with Crippen molar-refractivity contribution in [3.05, 3.63) is 0 Å². The molecular weight excluding hydrogens is 206 g/mol. The molecule has 2 fully saturated rings. The number of piperidine rings is 1. The first-order valence-corrected chi connectivity index (χ1v) is 5.91. The number of hydrogen-bond acceptors (Lipinski definition) is 4. The van der Waals surface area contributed by atoms with E-state index in [0.29, 0.717) is 18.9 Å². The van der Waals surface area contributed by atoms with Crippen molar-refractivity contribution in [1.29, 1.82) is 0 Å². The molecule has 0 aromatic rings. The molecular formula is C11H19N3O2. The second-order valence-corrected chi connectivity index (χ2v) is 4.89. The van der Waals surface area contributed by atoms with Crippen LogP contribution in [0.5, 0.6) is 0 Å². The van der Waals surface area contributed by atoms with Gasteiger partial charge in [0.1, 0.15) is 0 Å². The first-order chi connectivity index (χ1) is 7.61. The van der Waals surface area contributed by atoms with Gasteiger partial charge in [0.25, 0.3) is 0 Å². The van der Waals surface area contributed by atoms with Gasteiger partial charge in [-0.05, 0) is 25.3 Å². The minimum atomic E-state index is -0.284. The quantitative estimate of drug-likeness (QED) is 0.619. The summed E-state index contributed by atoms with van der Waals surface area (Å²) in [4.78, 5) is 24.9. The zero-order valence-electron chi connectivity index (χ0n) is 9.61. The molecule has 3 atom stereocenters. The Morgan fingerprint density at radius 2 is 2.25 bits per heavy atom. The van der Waals surface area contributed by atoms with Crippen LogP contribution in [0.4, 0.5) is 0 Å². The Hall–Kier alpha value is -0.940. The summed E-state index contributed by atoms with van der Waals surface area (Å²) in [5.41, 5.74) is 5.75. The molecule has 90 valence electrons. The standard InChI is InChI=1S/C11H19N3O2/c1-7-2-3-14(8(4-7)6-12)9-5-10(15)13-11(9)16/h7-9H,2-6,12H2,1H3,(H,13,15,16). The fourth-order valence-electron chi connectivity index (χ4n) is 2.72. The van der Waals surface area contributed by atoms with E-state index < -0.39 is 0 Å². The number of nitrogens with one attached hydrogen (secondary N) is 1. The molecule has 0 spiro atoms. The number of amides is 2. The van der Waals surface area contributed by atoms with Crippen LogP contribution in [-0.2, 0) is 9.59 Å². The van der Waals surface area contributed by atoms with Crippen LogP contribution in [0.25, 0.3) is 0 Å². The zero-order valence-corrected chi connectivity index (χ0v) is 9.61. The van der Waals surface area contributed by atoms with Crippen LogP contribution in [0, 0.1) is 5.92 Å². The monoisotopic (exact) mass is 225 g/mol. The average molecular weight is 225 g/mol. The molecule has 2 heterocycles. The van der Waals surface area contributed by atoms with Crippen LogP contribution >= 0.6 is 0 Å². The second kappa shape index (κ2) is 4.51. The van der Waals surface area contributed by atoms with E-state index in [2.05, 4.69) is 17.1 Å². The van der Waals surface area contributed by atoms with Crippen LogP contribution in [0.3, 0.4) is 0 Å². The molecule has 2 aliphatic rings. The highest BCUT2D eigenvalue weighted by atomic mass is 16.2. The second-order valence-electron chi connectivity index (χ2n) is 4.89. The summed E-state index contributed by atoms with van der Waals surface area (Å²) in [7, 11) is 0. The summed E-state index contributed by atoms with van der Waals surface area (Å²) in [5, 5.41) is 2.36. The number of nitrogens with two attached hydrogens (primary N) is 1. The van der Waals surface area contributed by atoms with E-state index in [1.807, 2.05) is 0 Å². The molecule has 2 rings (SSSR count). The van der Waals surface area contributed by atoms with Crippen molar-refractivity contribution in [2.24, 2.45) is 11.7 Å². The molecule has 3 N–H and O–H groups in total. The Labute approximate surface area is 95.3 Å². The van der Waals surface area contributed by atoms with Gasteiger partial charge >= 0.3 is 0 Å². The van der Waals surface area contributed by atoms with E-state index in [4.69, 9.17) is 5.73 Å². The lowest BCUT2D eigenvalue weighted by molar-refractivity contribution is -0.127. The van der Waals surface area contributed by atoms with Crippen molar-refractivity contribution in [3.63, 3.8) is 0 Å². The van der Waals surface area contributed by atoms with Gasteiger partial charge in [-0.1, -0.05) is 6.92 Å². The highest BCUT2D eigenvalue weighted by molar-refractivity contribution is 6.05. The smallest absolute Gasteiger partial charge is 0.244 e. The van der Waals surface area contributed by atoms with Gasteiger partial charge in [-0.3, -0.25) is 19.8 Å². The molecule has 0 saturated carbocycles. The predicted molar refractivity (Wildman–Crippen MR) is 59.5 cm³/mol. The van der Waals surface area contributed by atoms with Gasteiger partial charge in [-0.25, -0.2) is 0 Å². The maximum Gasteiger partial charge on any atom is 0.244 e. The van der Waals surface area contributed by atoms with Gasteiger partial charge in [0, 0.05) is 12.6 Å². The molecule has 5 nitrogen and oxygen atoms in total. The topological polar surface area (TPSA) is 75.4 Å². The molecule has 2 aliphatic heterocycles. The van der Waals surface area contributed by atoms with E-state index in [1.165, 1.54) is 0 Å². The van der Waals surface area contributed by atoms with E-state index in [1.54, 1.807) is 0 Å². The molecule has 3 unspecified atom stereocenters. The highest BCUT2D eigenvalue weighted by Crippen LogP contribution is 2.26. The van der Waals surface area contributed by atoms with Crippen LogP contribution in [0.2, 0.25) is 0 Å². The summed E-state index contributed by atoms with van der Waals surface area (Å²) in [6.07, 6.45) is 2.40. The fraction of sp³-hybridized carbons (Fsp3) is 0.818. The maximum atomic E-state index is 11.6. The zero-order chi connectivity index (χ0) is 11.7. The third-order valence-electron chi connectivity index (χ3n) is 3.64. The van der Waals surface area contributed by atoms with Crippen molar-refractivity contribution in [3.8, 4) is 0 Å². The lowest BCUT2D eigenvalue weighted by Crippen LogP contribution is -2.53. The van der Waals surface area contributed by atoms with Crippen molar-refractivity contribution in [2.75, 3.05) is 13.1 Å². The molecule has 0 aromatic heterocycles.